The van der Waals surface area contributed by atoms with Crippen molar-refractivity contribution >= 4 is 11.9 Å². The second-order valence-electron chi connectivity index (χ2n) is 4.10. The minimum Gasteiger partial charge on any atom is -0.366 e. The van der Waals surface area contributed by atoms with E-state index >= 15 is 0 Å². The Hall–Kier alpha value is -1.59. The maximum absolute atomic E-state index is 12.0. The number of H-pyrrole nitrogens is 1. The summed E-state index contributed by atoms with van der Waals surface area (Å²) in [4.78, 5) is 17.7. The molecule has 16 heavy (non-hydrogen) atoms. The third-order valence-corrected chi connectivity index (χ3v) is 2.85. The van der Waals surface area contributed by atoms with E-state index in [1.165, 1.54) is 19.3 Å². The van der Waals surface area contributed by atoms with Crippen molar-refractivity contribution in [3.05, 3.63) is 5.82 Å². The van der Waals surface area contributed by atoms with E-state index in [1.807, 2.05) is 4.90 Å². The fraction of sp³-hybridized carbons (Fsp3) is 0.700. The van der Waals surface area contributed by atoms with Crippen LogP contribution in [-0.4, -0.2) is 39.1 Å². The van der Waals surface area contributed by atoms with Gasteiger partial charge in [-0.15, -0.1) is 5.10 Å². The molecule has 1 fully saturated rings. The minimum atomic E-state index is -0.0916. The first-order valence-electron chi connectivity index (χ1n) is 5.74. The molecular weight excluding hydrogens is 206 g/mol. The monoisotopic (exact) mass is 223 g/mol. The van der Waals surface area contributed by atoms with E-state index < -0.39 is 0 Å². The van der Waals surface area contributed by atoms with Crippen molar-refractivity contribution in [3.63, 3.8) is 0 Å². The molecule has 0 unspecified atom stereocenters. The van der Waals surface area contributed by atoms with Gasteiger partial charge in [0.1, 0.15) is 0 Å². The number of nitrogens with zero attached hydrogens (tertiary/aromatic N) is 3. The lowest BCUT2D eigenvalue weighted by atomic mass is 10.1. The van der Waals surface area contributed by atoms with Crippen LogP contribution in [0.1, 0.15) is 42.7 Å². The zero-order valence-corrected chi connectivity index (χ0v) is 9.28. The predicted molar refractivity (Wildman–Crippen MR) is 59.8 cm³/mol. The van der Waals surface area contributed by atoms with Gasteiger partial charge < -0.3 is 10.6 Å². The normalized spacial score (nSPS) is 17.9. The summed E-state index contributed by atoms with van der Waals surface area (Å²) in [5, 5.41) is 6.23. The van der Waals surface area contributed by atoms with E-state index in [9.17, 15) is 4.79 Å². The molecule has 0 atom stereocenters. The van der Waals surface area contributed by atoms with Crippen LogP contribution >= 0.6 is 0 Å². The first kappa shape index (κ1) is 10.9. The van der Waals surface area contributed by atoms with E-state index in [0.717, 1.165) is 25.9 Å². The van der Waals surface area contributed by atoms with Crippen LogP contribution in [0.25, 0.3) is 0 Å². The Labute approximate surface area is 94.2 Å². The van der Waals surface area contributed by atoms with E-state index in [0.29, 0.717) is 0 Å². The summed E-state index contributed by atoms with van der Waals surface area (Å²) in [6.07, 6.45) is 5.80. The lowest BCUT2D eigenvalue weighted by molar-refractivity contribution is 0.0730. The van der Waals surface area contributed by atoms with E-state index in [-0.39, 0.29) is 17.7 Å². The Balaban J connectivity index is 2.01. The van der Waals surface area contributed by atoms with Gasteiger partial charge in [-0.2, -0.15) is 4.98 Å². The van der Waals surface area contributed by atoms with Crippen LogP contribution < -0.4 is 5.73 Å². The van der Waals surface area contributed by atoms with Gasteiger partial charge in [-0.1, -0.05) is 19.3 Å². The number of aromatic amines is 1. The van der Waals surface area contributed by atoms with E-state index in [2.05, 4.69) is 15.2 Å². The molecule has 1 saturated heterocycles. The molecule has 0 spiro atoms. The van der Waals surface area contributed by atoms with Crippen LogP contribution in [0.15, 0.2) is 0 Å². The van der Waals surface area contributed by atoms with Crippen LogP contribution in [0, 0.1) is 0 Å². The fourth-order valence-electron chi connectivity index (χ4n) is 1.97. The number of amides is 1. The average molecular weight is 223 g/mol. The van der Waals surface area contributed by atoms with Crippen LogP contribution in [0.5, 0.6) is 0 Å². The maximum Gasteiger partial charge on any atom is 0.291 e. The molecule has 1 aliphatic rings. The Morgan fingerprint density at radius 1 is 1.19 bits per heavy atom. The molecule has 3 N–H and O–H groups in total. The highest BCUT2D eigenvalue weighted by Gasteiger charge is 2.19. The summed E-state index contributed by atoms with van der Waals surface area (Å²) in [5.41, 5.74) is 5.38. The van der Waals surface area contributed by atoms with Gasteiger partial charge in [-0.3, -0.25) is 9.89 Å². The van der Waals surface area contributed by atoms with Crippen LogP contribution in [-0.2, 0) is 0 Å². The number of rotatable bonds is 1. The summed E-state index contributed by atoms with van der Waals surface area (Å²) < 4.78 is 0. The van der Waals surface area contributed by atoms with Crippen LogP contribution in [0.4, 0.5) is 5.95 Å². The first-order valence-corrected chi connectivity index (χ1v) is 5.74. The maximum atomic E-state index is 12.0. The molecule has 6 nitrogen and oxygen atoms in total. The van der Waals surface area contributed by atoms with Crippen molar-refractivity contribution in [2.75, 3.05) is 18.8 Å². The number of nitrogens with two attached hydrogens (primary N) is 1. The predicted octanol–water partition coefficient (Wildman–Crippen LogP) is 0.793. The number of aromatic nitrogens is 3. The average Bonchev–Trinajstić information content (AvgIpc) is 2.63. The molecule has 1 aromatic rings. The molecular formula is C10H17N5O. The quantitative estimate of drug-likeness (QED) is 0.736. The molecule has 0 aliphatic carbocycles. The zero-order valence-electron chi connectivity index (χ0n) is 9.28. The number of carbonyl (C=O) groups excluding carboxylic acids is 1. The molecule has 2 rings (SSSR count). The van der Waals surface area contributed by atoms with Crippen molar-refractivity contribution in [3.8, 4) is 0 Å². The Morgan fingerprint density at radius 3 is 2.38 bits per heavy atom. The lowest BCUT2D eigenvalue weighted by Crippen LogP contribution is -2.34. The number of likely N-dealkylation sites (tertiary alicyclic amines) is 1. The number of carbonyl (C=O) groups is 1. The van der Waals surface area contributed by atoms with Gasteiger partial charge in [0.25, 0.3) is 5.91 Å². The zero-order chi connectivity index (χ0) is 11.4. The number of nitrogen functional groups attached to an aromatic ring is 1. The van der Waals surface area contributed by atoms with Gasteiger partial charge in [0, 0.05) is 13.1 Å². The van der Waals surface area contributed by atoms with Crippen molar-refractivity contribution < 1.29 is 4.79 Å². The Morgan fingerprint density at radius 2 is 1.81 bits per heavy atom. The van der Waals surface area contributed by atoms with Crippen molar-refractivity contribution in [2.24, 2.45) is 0 Å². The lowest BCUT2D eigenvalue weighted by Gasteiger charge is -2.23. The van der Waals surface area contributed by atoms with Gasteiger partial charge in [-0.25, -0.2) is 0 Å². The smallest absolute Gasteiger partial charge is 0.291 e. The molecule has 2 heterocycles. The molecule has 0 aromatic carbocycles. The number of hydrogen-bond donors (Lipinski definition) is 2. The van der Waals surface area contributed by atoms with Crippen LogP contribution in [0.2, 0.25) is 0 Å². The Bertz CT molecular complexity index is 354. The molecule has 88 valence electrons. The Kier molecular flexibility index (Phi) is 3.38. The second kappa shape index (κ2) is 4.96. The highest BCUT2D eigenvalue weighted by molar-refractivity contribution is 5.90. The standard InChI is InChI=1S/C10H17N5O/c11-10-12-8(13-14-10)9(16)15-6-4-2-1-3-5-7-15/h1-7H2,(H3,11,12,13,14). The van der Waals surface area contributed by atoms with Gasteiger partial charge in [0.2, 0.25) is 11.8 Å². The molecule has 0 saturated carbocycles. The number of anilines is 1. The van der Waals surface area contributed by atoms with Gasteiger partial charge in [0.05, 0.1) is 0 Å². The minimum absolute atomic E-state index is 0.0916. The summed E-state index contributed by atoms with van der Waals surface area (Å²) in [5.74, 6) is 0.277. The van der Waals surface area contributed by atoms with Crippen molar-refractivity contribution in [1.29, 1.82) is 0 Å². The largest absolute Gasteiger partial charge is 0.366 e. The molecule has 0 radical (unpaired) electrons. The number of nitrogens with one attached hydrogen (secondary N) is 1. The molecule has 1 amide bonds. The summed E-state index contributed by atoms with van der Waals surface area (Å²) >= 11 is 0. The summed E-state index contributed by atoms with van der Waals surface area (Å²) in [7, 11) is 0. The van der Waals surface area contributed by atoms with Crippen LogP contribution in [0.3, 0.4) is 0 Å². The van der Waals surface area contributed by atoms with Gasteiger partial charge in [-0.05, 0) is 12.8 Å². The molecule has 0 bridgehead atoms. The topological polar surface area (TPSA) is 87.9 Å². The summed E-state index contributed by atoms with van der Waals surface area (Å²) in [6.45, 7) is 1.61. The highest BCUT2D eigenvalue weighted by atomic mass is 16.2. The number of hydrogen-bond acceptors (Lipinski definition) is 4. The third kappa shape index (κ3) is 2.50. The SMILES string of the molecule is Nc1n[nH]c(C(=O)N2CCCCCCC2)n1. The van der Waals surface area contributed by atoms with Crippen molar-refractivity contribution in [1.82, 2.24) is 20.1 Å². The highest BCUT2D eigenvalue weighted by Crippen LogP contribution is 2.12. The second-order valence-corrected chi connectivity index (χ2v) is 4.10. The van der Waals surface area contributed by atoms with E-state index in [4.69, 9.17) is 5.73 Å². The van der Waals surface area contributed by atoms with E-state index in [1.54, 1.807) is 0 Å². The first-order chi connectivity index (χ1) is 7.77. The summed E-state index contributed by atoms with van der Waals surface area (Å²) in [6, 6.07) is 0. The molecule has 1 aromatic heterocycles. The van der Waals surface area contributed by atoms with Gasteiger partial charge in [0.15, 0.2) is 0 Å². The third-order valence-electron chi connectivity index (χ3n) is 2.85. The fourth-order valence-corrected chi connectivity index (χ4v) is 1.97. The van der Waals surface area contributed by atoms with Crippen molar-refractivity contribution in [2.45, 2.75) is 32.1 Å². The molecule has 1 aliphatic heterocycles. The van der Waals surface area contributed by atoms with Gasteiger partial charge >= 0.3 is 0 Å². The molecule has 6 heteroatoms.